The molecule has 6 aromatic rings. The second-order valence-corrected chi connectivity index (χ2v) is 15.4. The zero-order valence-corrected chi connectivity index (χ0v) is 29.0. The summed E-state index contributed by atoms with van der Waals surface area (Å²) in [6.45, 7) is 0. The van der Waals surface area contributed by atoms with Crippen LogP contribution in [0.3, 0.4) is 0 Å². The van der Waals surface area contributed by atoms with Gasteiger partial charge in [-0.15, -0.1) is 0 Å². The van der Waals surface area contributed by atoms with E-state index in [0.717, 1.165) is 34.5 Å². The molecule has 6 aliphatic rings. The smallest absolute Gasteiger partial charge is 0.100 e. The third kappa shape index (κ3) is 3.59. The second kappa shape index (κ2) is 10.4. The van der Waals surface area contributed by atoms with Gasteiger partial charge in [0.2, 0.25) is 0 Å². The Hall–Kier alpha value is -5.67. The molecule has 0 aliphatic heterocycles. The second-order valence-electron chi connectivity index (χ2n) is 15.4. The molecule has 2 atom stereocenters. The summed E-state index contributed by atoms with van der Waals surface area (Å²) in [6.07, 6.45) is 13.3. The van der Waals surface area contributed by atoms with Gasteiger partial charge in [-0.05, 0) is 138 Å². The maximum Gasteiger partial charge on any atom is 0.100 e. The molecule has 0 saturated heterocycles. The summed E-state index contributed by atoms with van der Waals surface area (Å²) >= 11 is 0. The van der Waals surface area contributed by atoms with Gasteiger partial charge in [0.1, 0.15) is 5.83 Å². The number of benzene rings is 5. The van der Waals surface area contributed by atoms with Crippen LogP contribution in [-0.2, 0) is 5.41 Å². The molecular weight excluding hydrogens is 636 g/mol. The first-order valence-electron chi connectivity index (χ1n) is 19.1. The third-order valence-electron chi connectivity index (χ3n) is 13.1. The molecule has 1 heterocycles. The Balaban J connectivity index is 1.11. The van der Waals surface area contributed by atoms with E-state index in [0.29, 0.717) is 18.8 Å². The molecule has 5 aromatic carbocycles. The van der Waals surface area contributed by atoms with E-state index >= 15 is 0 Å². The summed E-state index contributed by atoms with van der Waals surface area (Å²) in [6, 6.07) is 43.1. The van der Waals surface area contributed by atoms with Crippen LogP contribution >= 0.6 is 0 Å². The molecular formula is C49H37FN2. The summed E-state index contributed by atoms with van der Waals surface area (Å²) in [5.41, 5.74) is 20.7. The van der Waals surface area contributed by atoms with Crippen molar-refractivity contribution in [2.45, 2.75) is 50.4 Å². The van der Waals surface area contributed by atoms with Gasteiger partial charge in [0.25, 0.3) is 0 Å². The van der Waals surface area contributed by atoms with Crippen molar-refractivity contribution >= 4 is 55.7 Å². The minimum absolute atomic E-state index is 0.0513. The normalized spacial score (nSPS) is 22.2. The van der Waals surface area contributed by atoms with Crippen molar-refractivity contribution in [2.75, 3.05) is 4.90 Å². The fourth-order valence-corrected chi connectivity index (χ4v) is 11.2. The average molecular weight is 673 g/mol. The van der Waals surface area contributed by atoms with Gasteiger partial charge in [0.15, 0.2) is 0 Å². The lowest BCUT2D eigenvalue weighted by Gasteiger charge is -2.33. The van der Waals surface area contributed by atoms with E-state index in [1.807, 2.05) is 6.08 Å². The molecule has 0 radical (unpaired) electrons. The van der Waals surface area contributed by atoms with Gasteiger partial charge in [-0.2, -0.15) is 0 Å². The van der Waals surface area contributed by atoms with Crippen LogP contribution in [0.5, 0.6) is 0 Å². The van der Waals surface area contributed by atoms with E-state index < -0.39 is 0 Å². The summed E-state index contributed by atoms with van der Waals surface area (Å²) in [5, 5.41) is 2.43. The van der Waals surface area contributed by atoms with E-state index in [9.17, 15) is 4.39 Å². The molecule has 3 heteroatoms. The van der Waals surface area contributed by atoms with Crippen molar-refractivity contribution < 1.29 is 4.39 Å². The zero-order valence-electron chi connectivity index (χ0n) is 29.0. The minimum Gasteiger partial charge on any atom is -0.313 e. The lowest BCUT2D eigenvalue weighted by Crippen LogP contribution is -2.26. The Morgan fingerprint density at radius 3 is 2.37 bits per heavy atom. The van der Waals surface area contributed by atoms with Crippen LogP contribution in [0.4, 0.5) is 21.5 Å². The summed E-state index contributed by atoms with van der Waals surface area (Å²) in [4.78, 5) is 2.45. The number of aromatic nitrogens is 1. The fourth-order valence-electron chi connectivity index (χ4n) is 11.2. The predicted octanol–water partition coefficient (Wildman–Crippen LogP) is 13.1. The van der Waals surface area contributed by atoms with Crippen LogP contribution in [0.2, 0.25) is 0 Å². The molecule has 0 amide bonds. The molecule has 0 saturated carbocycles. The monoisotopic (exact) mass is 672 g/mol. The number of halogens is 1. The van der Waals surface area contributed by atoms with Crippen molar-refractivity contribution in [3.05, 3.63) is 178 Å². The fraction of sp³-hybridized carbons (Fsp3) is 0.184. The Bertz CT molecular complexity index is 2730. The lowest BCUT2D eigenvalue weighted by molar-refractivity contribution is 0.559. The van der Waals surface area contributed by atoms with Crippen LogP contribution in [-0.4, -0.2) is 4.57 Å². The first kappa shape index (κ1) is 29.0. The average Bonchev–Trinajstić information content (AvgIpc) is 3.89. The topological polar surface area (TPSA) is 8.17 Å². The van der Waals surface area contributed by atoms with Gasteiger partial charge >= 0.3 is 0 Å². The van der Waals surface area contributed by atoms with Crippen molar-refractivity contribution in [1.29, 1.82) is 0 Å². The summed E-state index contributed by atoms with van der Waals surface area (Å²) in [7, 11) is 0. The molecule has 1 spiro atoms. The highest BCUT2D eigenvalue weighted by atomic mass is 19.1. The highest BCUT2D eigenvalue weighted by Gasteiger charge is 2.62. The van der Waals surface area contributed by atoms with Crippen LogP contribution in [0.25, 0.3) is 38.6 Å². The molecule has 12 rings (SSSR count). The number of hydrogen-bond donors (Lipinski definition) is 0. The van der Waals surface area contributed by atoms with Crippen LogP contribution in [0.15, 0.2) is 156 Å². The first-order valence-corrected chi connectivity index (χ1v) is 19.1. The van der Waals surface area contributed by atoms with Gasteiger partial charge in [0, 0.05) is 45.9 Å². The highest BCUT2D eigenvalue weighted by Crippen LogP contribution is 2.73. The standard InChI is InChI=1S/C49H37FN2/c50-30-20-22-32(23-21-30)52-45-19-7-5-13-37(45)38-27-25-34(29-46(38)52)51(31-10-2-1-3-11-31)33-24-26-36-40-15-9-17-42-41-16-8-14-39-35-12-4-6-18-43(35)49(47(39)41,48(40)42)44(36)28-33/h1-7,10-13,15,18-20,22,24-29,41H,8-9,14,16-17,21,23H2. The van der Waals surface area contributed by atoms with E-state index in [1.54, 1.807) is 28.4 Å². The zero-order chi connectivity index (χ0) is 34.1. The summed E-state index contributed by atoms with van der Waals surface area (Å²) < 4.78 is 16.6. The number of rotatable bonds is 4. The summed E-state index contributed by atoms with van der Waals surface area (Å²) in [5.74, 6) is 0.517. The number of allylic oxidation sites excluding steroid dienone is 10. The molecule has 2 nitrogen and oxygen atoms in total. The number of anilines is 3. The van der Waals surface area contributed by atoms with E-state index in [4.69, 9.17) is 0 Å². The van der Waals surface area contributed by atoms with Crippen molar-refractivity contribution in [2.24, 2.45) is 5.92 Å². The van der Waals surface area contributed by atoms with Crippen molar-refractivity contribution in [3.63, 3.8) is 0 Å². The Labute approximate surface area is 303 Å². The quantitative estimate of drug-likeness (QED) is 0.181. The Kier molecular flexibility index (Phi) is 5.82. The maximum atomic E-state index is 14.2. The van der Waals surface area contributed by atoms with Crippen molar-refractivity contribution in [1.82, 2.24) is 4.57 Å². The Morgan fingerprint density at radius 1 is 0.654 bits per heavy atom. The maximum absolute atomic E-state index is 14.2. The van der Waals surface area contributed by atoms with Gasteiger partial charge < -0.3 is 9.47 Å². The third-order valence-corrected chi connectivity index (χ3v) is 13.1. The molecule has 2 unspecified atom stereocenters. The number of fused-ring (bicyclic) bond motifs is 8. The molecule has 250 valence electrons. The van der Waals surface area contributed by atoms with Crippen LogP contribution in [0.1, 0.15) is 67.2 Å². The van der Waals surface area contributed by atoms with E-state index in [2.05, 4.69) is 131 Å². The highest BCUT2D eigenvalue weighted by molar-refractivity contribution is 6.11. The van der Waals surface area contributed by atoms with Gasteiger partial charge in [0.05, 0.1) is 16.4 Å². The molecule has 0 fully saturated rings. The molecule has 0 bridgehead atoms. The Morgan fingerprint density at radius 2 is 1.46 bits per heavy atom. The van der Waals surface area contributed by atoms with Crippen molar-refractivity contribution in [3.8, 4) is 0 Å². The molecule has 1 aromatic heterocycles. The number of para-hydroxylation sites is 2. The minimum atomic E-state index is -0.182. The van der Waals surface area contributed by atoms with Gasteiger partial charge in [-0.3, -0.25) is 0 Å². The molecule has 0 N–H and O–H groups in total. The van der Waals surface area contributed by atoms with E-state index in [1.165, 1.54) is 70.0 Å². The van der Waals surface area contributed by atoms with Crippen LogP contribution in [0, 0.1) is 5.92 Å². The largest absolute Gasteiger partial charge is 0.313 e. The van der Waals surface area contributed by atoms with Gasteiger partial charge in [-0.1, -0.05) is 84.4 Å². The molecule has 52 heavy (non-hydrogen) atoms. The predicted molar refractivity (Wildman–Crippen MR) is 213 cm³/mol. The number of hydrogen-bond acceptors (Lipinski definition) is 1. The van der Waals surface area contributed by atoms with Gasteiger partial charge in [-0.25, -0.2) is 4.39 Å². The first-order chi connectivity index (χ1) is 25.7. The molecule has 6 aliphatic carbocycles. The van der Waals surface area contributed by atoms with E-state index in [-0.39, 0.29) is 11.2 Å². The SMILES string of the molecule is FC1=CC=C(n2c3ccccc3c3ccc(N(c4ccccc4)c4ccc5c(c4)C46C7=C(CCC=C75)C5CCCC(=C54)c4ccccc46)cc32)CC1. The lowest BCUT2D eigenvalue weighted by atomic mass is 9.70. The number of nitrogens with zero attached hydrogens (tertiary/aromatic N) is 2. The van der Waals surface area contributed by atoms with Crippen LogP contribution < -0.4 is 4.90 Å².